The van der Waals surface area contributed by atoms with Gasteiger partial charge in [-0.2, -0.15) is 5.10 Å². The lowest BCUT2D eigenvalue weighted by molar-refractivity contribution is 0.189. The highest BCUT2D eigenvalue weighted by molar-refractivity contribution is 5.93. The molecule has 3 aromatic carbocycles. The molecule has 0 unspecified atom stereocenters. The van der Waals surface area contributed by atoms with Crippen molar-refractivity contribution in [2.24, 2.45) is 7.05 Å². The number of hydrogen-bond donors (Lipinski definition) is 4. The standard InChI is InChI=1S/C29H30N6O3/c1-34-26(25(19-30-34)32-27(36)35-18-17-24(20-35)31-28(37)38)33-29(21-11-5-2-6-12-21,22-13-7-3-8-14-22)23-15-9-4-10-16-23/h2-16,19,24,31,33H,17-18,20H2,1H3,(H,32,36)(H,37,38)/t24-/m0/s1. The molecular formula is C29H30N6O3. The predicted molar refractivity (Wildman–Crippen MR) is 146 cm³/mol. The highest BCUT2D eigenvalue weighted by Crippen LogP contribution is 2.41. The highest BCUT2D eigenvalue weighted by Gasteiger charge is 2.38. The van der Waals surface area contributed by atoms with Gasteiger partial charge in [0.25, 0.3) is 0 Å². The summed E-state index contributed by atoms with van der Waals surface area (Å²) in [6, 6.07) is 30.0. The summed E-state index contributed by atoms with van der Waals surface area (Å²) in [4.78, 5) is 25.8. The Kier molecular flexibility index (Phi) is 6.99. The third-order valence-corrected chi connectivity index (χ3v) is 6.91. The average molecular weight is 511 g/mol. The van der Waals surface area contributed by atoms with E-state index in [1.54, 1.807) is 15.8 Å². The van der Waals surface area contributed by atoms with Crippen molar-refractivity contribution in [2.75, 3.05) is 23.7 Å². The molecular weight excluding hydrogens is 480 g/mol. The summed E-state index contributed by atoms with van der Waals surface area (Å²) in [6.45, 7) is 0.769. The van der Waals surface area contributed by atoms with Gasteiger partial charge in [-0.25, -0.2) is 9.59 Å². The monoisotopic (exact) mass is 510 g/mol. The molecule has 9 heteroatoms. The summed E-state index contributed by atoms with van der Waals surface area (Å²) in [7, 11) is 1.83. The third-order valence-electron chi connectivity index (χ3n) is 6.91. The Morgan fingerprint density at radius 1 is 0.895 bits per heavy atom. The molecule has 4 aromatic rings. The van der Waals surface area contributed by atoms with Crippen LogP contribution in [-0.4, -0.2) is 51.0 Å². The number of amides is 3. The Balaban J connectivity index is 1.53. The topological polar surface area (TPSA) is 112 Å². The number of carboxylic acid groups (broad SMARTS) is 1. The molecule has 1 aromatic heterocycles. The maximum Gasteiger partial charge on any atom is 0.404 e. The van der Waals surface area contributed by atoms with Crippen molar-refractivity contribution in [1.82, 2.24) is 20.0 Å². The van der Waals surface area contributed by atoms with Gasteiger partial charge in [0, 0.05) is 20.1 Å². The van der Waals surface area contributed by atoms with Gasteiger partial charge in [-0.05, 0) is 23.1 Å². The van der Waals surface area contributed by atoms with Gasteiger partial charge in [0.2, 0.25) is 0 Å². The second kappa shape index (κ2) is 10.7. The Labute approximate surface area is 221 Å². The lowest BCUT2D eigenvalue weighted by Gasteiger charge is -2.38. The molecule has 0 aliphatic carbocycles. The first-order valence-electron chi connectivity index (χ1n) is 12.5. The van der Waals surface area contributed by atoms with Crippen LogP contribution in [0.2, 0.25) is 0 Å². The Hall–Kier alpha value is -4.79. The van der Waals surface area contributed by atoms with Crippen LogP contribution in [0.4, 0.5) is 21.1 Å². The molecule has 3 amide bonds. The molecule has 1 aliphatic rings. The van der Waals surface area contributed by atoms with Crippen molar-refractivity contribution < 1.29 is 14.7 Å². The van der Waals surface area contributed by atoms with E-state index in [1.807, 2.05) is 61.6 Å². The lowest BCUT2D eigenvalue weighted by atomic mass is 9.77. The molecule has 9 nitrogen and oxygen atoms in total. The molecule has 5 rings (SSSR count). The summed E-state index contributed by atoms with van der Waals surface area (Å²) >= 11 is 0. The quantitative estimate of drug-likeness (QED) is 0.269. The molecule has 194 valence electrons. The van der Waals surface area contributed by atoms with Crippen molar-refractivity contribution >= 4 is 23.6 Å². The van der Waals surface area contributed by atoms with E-state index in [4.69, 9.17) is 5.11 Å². The number of nitrogens with one attached hydrogen (secondary N) is 3. The van der Waals surface area contributed by atoms with Crippen LogP contribution in [0.5, 0.6) is 0 Å². The number of urea groups is 1. The first-order chi connectivity index (χ1) is 18.5. The Morgan fingerprint density at radius 2 is 1.42 bits per heavy atom. The van der Waals surface area contributed by atoms with Gasteiger partial charge in [0.15, 0.2) is 0 Å². The van der Waals surface area contributed by atoms with Crippen LogP contribution in [0.25, 0.3) is 0 Å². The molecule has 38 heavy (non-hydrogen) atoms. The average Bonchev–Trinajstić information content (AvgIpc) is 3.54. The molecule has 1 fully saturated rings. The first kappa shape index (κ1) is 24.9. The fourth-order valence-electron chi connectivity index (χ4n) is 5.07. The molecule has 0 radical (unpaired) electrons. The summed E-state index contributed by atoms with van der Waals surface area (Å²) < 4.78 is 1.71. The summed E-state index contributed by atoms with van der Waals surface area (Å²) in [5.41, 5.74) is 2.81. The number of likely N-dealkylation sites (tertiary alicyclic amines) is 1. The zero-order chi connectivity index (χ0) is 26.5. The van der Waals surface area contributed by atoms with Crippen LogP contribution >= 0.6 is 0 Å². The van der Waals surface area contributed by atoms with Crippen molar-refractivity contribution in [3.63, 3.8) is 0 Å². The maximum absolute atomic E-state index is 13.2. The minimum absolute atomic E-state index is 0.286. The third kappa shape index (κ3) is 4.90. The normalized spacial score (nSPS) is 15.2. The van der Waals surface area contributed by atoms with E-state index in [1.165, 1.54) is 0 Å². The number of aryl methyl sites for hydroxylation is 1. The molecule has 0 spiro atoms. The van der Waals surface area contributed by atoms with Crippen molar-refractivity contribution in [2.45, 2.75) is 18.0 Å². The van der Waals surface area contributed by atoms with E-state index in [-0.39, 0.29) is 12.1 Å². The number of aromatic nitrogens is 2. The number of carbonyl (C=O) groups excluding carboxylic acids is 1. The van der Waals surface area contributed by atoms with Crippen molar-refractivity contribution in [3.8, 4) is 0 Å². The Bertz CT molecular complexity index is 1300. The largest absolute Gasteiger partial charge is 0.465 e. The van der Waals surface area contributed by atoms with E-state index < -0.39 is 11.6 Å². The van der Waals surface area contributed by atoms with E-state index in [0.29, 0.717) is 31.0 Å². The number of nitrogens with zero attached hydrogens (tertiary/aromatic N) is 3. The number of anilines is 2. The summed E-state index contributed by atoms with van der Waals surface area (Å²) in [5.74, 6) is 0.634. The fraction of sp³-hybridized carbons (Fsp3) is 0.207. The van der Waals surface area contributed by atoms with Crippen molar-refractivity contribution in [1.29, 1.82) is 0 Å². The fourth-order valence-corrected chi connectivity index (χ4v) is 5.07. The minimum Gasteiger partial charge on any atom is -0.465 e. The minimum atomic E-state index is -1.09. The molecule has 1 aliphatic heterocycles. The van der Waals surface area contributed by atoms with Gasteiger partial charge in [0.1, 0.15) is 17.0 Å². The smallest absolute Gasteiger partial charge is 0.404 e. The highest BCUT2D eigenvalue weighted by atomic mass is 16.4. The van der Waals surface area contributed by atoms with E-state index in [9.17, 15) is 9.59 Å². The number of hydrogen-bond acceptors (Lipinski definition) is 4. The SMILES string of the molecule is Cn1ncc(NC(=O)N2CC[C@H](NC(=O)O)C2)c1NC(c1ccccc1)(c1ccccc1)c1ccccc1. The first-order valence-corrected chi connectivity index (χ1v) is 12.5. The maximum atomic E-state index is 13.2. The van der Waals surface area contributed by atoms with Crippen LogP contribution in [0.1, 0.15) is 23.1 Å². The summed E-state index contributed by atoms with van der Waals surface area (Å²) in [6.07, 6.45) is 1.10. The lowest BCUT2D eigenvalue weighted by Crippen LogP contribution is -2.40. The second-order valence-corrected chi connectivity index (χ2v) is 9.31. The van der Waals surface area contributed by atoms with Crippen LogP contribution in [0.15, 0.2) is 97.2 Å². The zero-order valence-electron chi connectivity index (χ0n) is 21.0. The van der Waals surface area contributed by atoms with E-state index >= 15 is 0 Å². The molecule has 0 bridgehead atoms. The Morgan fingerprint density at radius 3 is 1.92 bits per heavy atom. The number of carbonyl (C=O) groups is 2. The van der Waals surface area contributed by atoms with Gasteiger partial charge in [0.05, 0.1) is 12.2 Å². The number of benzene rings is 3. The van der Waals surface area contributed by atoms with Crippen LogP contribution < -0.4 is 16.0 Å². The molecule has 1 atom stereocenters. The molecule has 2 heterocycles. The van der Waals surface area contributed by atoms with E-state index in [2.05, 4.69) is 57.4 Å². The van der Waals surface area contributed by atoms with Gasteiger partial charge in [-0.3, -0.25) is 4.68 Å². The van der Waals surface area contributed by atoms with Crippen molar-refractivity contribution in [3.05, 3.63) is 114 Å². The van der Waals surface area contributed by atoms with Crippen LogP contribution in [-0.2, 0) is 12.6 Å². The number of rotatable bonds is 7. The molecule has 1 saturated heterocycles. The molecule has 0 saturated carbocycles. The zero-order valence-corrected chi connectivity index (χ0v) is 21.0. The predicted octanol–water partition coefficient (Wildman–Crippen LogP) is 4.70. The van der Waals surface area contributed by atoms with Gasteiger partial charge >= 0.3 is 12.1 Å². The summed E-state index contributed by atoms with van der Waals surface area (Å²) in [5, 5.41) is 22.7. The van der Waals surface area contributed by atoms with Gasteiger partial charge < -0.3 is 26.0 Å². The van der Waals surface area contributed by atoms with Crippen LogP contribution in [0, 0.1) is 0 Å². The van der Waals surface area contributed by atoms with Gasteiger partial charge in [-0.1, -0.05) is 91.0 Å². The van der Waals surface area contributed by atoms with E-state index in [0.717, 1.165) is 16.7 Å². The van der Waals surface area contributed by atoms with Gasteiger partial charge in [-0.15, -0.1) is 0 Å². The second-order valence-electron chi connectivity index (χ2n) is 9.31. The van der Waals surface area contributed by atoms with Crippen LogP contribution in [0.3, 0.4) is 0 Å². The molecule has 4 N–H and O–H groups in total.